The molecular weight excluding hydrogens is 327 g/mol. The van der Waals surface area contributed by atoms with E-state index in [9.17, 15) is 18.3 Å². The van der Waals surface area contributed by atoms with Gasteiger partial charge < -0.3 is 5.11 Å². The zero-order chi connectivity index (χ0) is 18.1. The number of aromatic hydroxyl groups is 1. The molecule has 2 aliphatic rings. The van der Waals surface area contributed by atoms with Crippen molar-refractivity contribution in [3.05, 3.63) is 23.0 Å². The van der Waals surface area contributed by atoms with Crippen LogP contribution in [0, 0.1) is 35.2 Å². The van der Waals surface area contributed by atoms with Crippen LogP contribution in [0.1, 0.15) is 69.8 Å². The van der Waals surface area contributed by atoms with E-state index in [0.29, 0.717) is 5.92 Å². The maximum atomic E-state index is 14.0. The summed E-state index contributed by atoms with van der Waals surface area (Å²) < 4.78 is 41.3. The van der Waals surface area contributed by atoms with E-state index in [0.717, 1.165) is 37.5 Å². The second kappa shape index (κ2) is 7.38. The number of phenolic OH excluding ortho intramolecular Hbond substituents is 1. The highest BCUT2D eigenvalue weighted by molar-refractivity contribution is 5.60. The smallest absolute Gasteiger partial charge is 0.203 e. The number of rotatable bonds is 3. The van der Waals surface area contributed by atoms with Gasteiger partial charge in [-0.2, -0.15) is 4.39 Å². The lowest BCUT2D eigenvalue weighted by atomic mass is 9.68. The van der Waals surface area contributed by atoms with Crippen molar-refractivity contribution in [3.63, 3.8) is 0 Å². The third-order valence-corrected chi connectivity index (χ3v) is 6.38. The molecule has 1 N–H and O–H groups in total. The van der Waals surface area contributed by atoms with Crippen LogP contribution in [-0.4, -0.2) is 11.8 Å². The molecule has 2 saturated carbocycles. The minimum atomic E-state index is -1.69. The van der Waals surface area contributed by atoms with Crippen molar-refractivity contribution in [3.8, 4) is 5.75 Å². The molecule has 2 aliphatic carbocycles. The second-order valence-electron chi connectivity index (χ2n) is 7.84. The summed E-state index contributed by atoms with van der Waals surface area (Å²) in [6.45, 7) is 5.57. The lowest BCUT2D eigenvalue weighted by molar-refractivity contribution is 0.164. The fourth-order valence-electron chi connectivity index (χ4n) is 4.83. The second-order valence-corrected chi connectivity index (χ2v) is 7.84. The summed E-state index contributed by atoms with van der Waals surface area (Å²) in [5.74, 6) is -3.39. The molecule has 0 unspecified atom stereocenters. The van der Waals surface area contributed by atoms with Gasteiger partial charge in [-0.25, -0.2) is 8.78 Å². The molecule has 0 atom stereocenters. The summed E-state index contributed by atoms with van der Waals surface area (Å²) in [5, 5.41) is 10.0. The molecule has 0 saturated heterocycles. The molecule has 0 heterocycles. The molecule has 3 rings (SSSR count). The first-order valence-corrected chi connectivity index (χ1v) is 9.30. The van der Waals surface area contributed by atoms with Crippen molar-refractivity contribution >= 4 is 12.4 Å². The van der Waals surface area contributed by atoms with Gasteiger partial charge in [-0.3, -0.25) is 4.99 Å². The van der Waals surface area contributed by atoms with Crippen LogP contribution in [0.25, 0.3) is 0 Å². The third kappa shape index (κ3) is 3.42. The zero-order valence-electron chi connectivity index (χ0n) is 14.7. The first-order valence-electron chi connectivity index (χ1n) is 9.30. The van der Waals surface area contributed by atoms with Crippen LogP contribution in [0.15, 0.2) is 4.99 Å². The number of aliphatic imine (C=N–C) groups is 1. The van der Waals surface area contributed by atoms with E-state index in [-0.39, 0.29) is 17.2 Å². The molecule has 25 heavy (non-hydrogen) atoms. The first-order chi connectivity index (χ1) is 11.9. The van der Waals surface area contributed by atoms with Gasteiger partial charge in [0.15, 0.2) is 11.6 Å². The molecule has 1 aromatic carbocycles. The quantitative estimate of drug-likeness (QED) is 0.506. The van der Waals surface area contributed by atoms with Gasteiger partial charge >= 0.3 is 0 Å². The molecule has 0 radical (unpaired) electrons. The Morgan fingerprint density at radius 1 is 0.840 bits per heavy atom. The summed E-state index contributed by atoms with van der Waals surface area (Å²) in [5.41, 5.74) is -0.256. The van der Waals surface area contributed by atoms with E-state index >= 15 is 0 Å². The predicted molar refractivity (Wildman–Crippen MR) is 93.0 cm³/mol. The minimum Gasteiger partial charge on any atom is -0.504 e. The molecule has 0 aromatic heterocycles. The summed E-state index contributed by atoms with van der Waals surface area (Å²) >= 11 is 0. The van der Waals surface area contributed by atoms with Crippen molar-refractivity contribution < 1.29 is 18.3 Å². The van der Waals surface area contributed by atoms with Crippen molar-refractivity contribution in [2.75, 3.05) is 0 Å². The normalized spacial score (nSPS) is 30.2. The van der Waals surface area contributed by atoms with Gasteiger partial charge in [-0.05, 0) is 68.9 Å². The highest BCUT2D eigenvalue weighted by Gasteiger charge is 2.34. The Morgan fingerprint density at radius 3 is 1.88 bits per heavy atom. The Balaban J connectivity index is 1.76. The number of benzene rings is 1. The van der Waals surface area contributed by atoms with E-state index in [1.54, 1.807) is 0 Å². The lowest BCUT2D eigenvalue weighted by Crippen LogP contribution is -2.25. The molecule has 2 nitrogen and oxygen atoms in total. The average Bonchev–Trinajstić information content (AvgIpc) is 2.63. The average molecular weight is 353 g/mol. The van der Waals surface area contributed by atoms with Gasteiger partial charge in [0.1, 0.15) is 5.69 Å². The van der Waals surface area contributed by atoms with Crippen molar-refractivity contribution in [2.45, 2.75) is 64.2 Å². The topological polar surface area (TPSA) is 32.6 Å². The molecule has 0 spiro atoms. The van der Waals surface area contributed by atoms with Crippen LogP contribution in [0.5, 0.6) is 5.75 Å². The van der Waals surface area contributed by atoms with E-state index in [1.807, 2.05) is 0 Å². The van der Waals surface area contributed by atoms with Gasteiger partial charge in [0.25, 0.3) is 0 Å². The van der Waals surface area contributed by atoms with E-state index in [1.165, 1.54) is 25.7 Å². The van der Waals surface area contributed by atoms with Crippen LogP contribution in [-0.2, 0) is 0 Å². The fourth-order valence-corrected chi connectivity index (χ4v) is 4.83. The molecular formula is C20H26F3NO. The molecule has 138 valence electrons. The Kier molecular flexibility index (Phi) is 5.40. The SMILES string of the molecule is C=Nc1c(F)c(F)c(F)c(O)c1C1CCC(C2CCC(C)CC2)CC1. The highest BCUT2D eigenvalue weighted by Crippen LogP contribution is 2.49. The van der Waals surface area contributed by atoms with Crippen LogP contribution < -0.4 is 0 Å². The fraction of sp³-hybridized carbons (Fsp3) is 0.650. The summed E-state index contributed by atoms with van der Waals surface area (Å²) in [6.07, 6.45) is 8.51. The largest absolute Gasteiger partial charge is 0.504 e. The van der Waals surface area contributed by atoms with Gasteiger partial charge in [0.05, 0.1) is 0 Å². The van der Waals surface area contributed by atoms with Gasteiger partial charge in [0, 0.05) is 5.56 Å². The Morgan fingerprint density at radius 2 is 1.36 bits per heavy atom. The number of hydrogen-bond donors (Lipinski definition) is 1. The number of phenols is 1. The van der Waals surface area contributed by atoms with Crippen LogP contribution in [0.2, 0.25) is 0 Å². The standard InChI is InChI=1S/C20H26F3NO/c1-11-3-5-12(6-4-11)13-7-9-14(10-8-13)15-19(24-2)17(22)16(21)18(23)20(15)25/h11-14,25H,2-10H2,1H3. The summed E-state index contributed by atoms with van der Waals surface area (Å²) in [7, 11) is 0. The zero-order valence-corrected chi connectivity index (χ0v) is 14.7. The molecule has 1 aromatic rings. The molecule has 0 amide bonds. The number of halogens is 3. The summed E-state index contributed by atoms with van der Waals surface area (Å²) in [4.78, 5) is 3.53. The molecule has 0 aliphatic heterocycles. The van der Waals surface area contributed by atoms with Crippen molar-refractivity contribution in [1.29, 1.82) is 0 Å². The minimum absolute atomic E-state index is 0.0853. The number of hydrogen-bond acceptors (Lipinski definition) is 2. The molecule has 0 bridgehead atoms. The van der Waals surface area contributed by atoms with E-state index in [4.69, 9.17) is 0 Å². The van der Waals surface area contributed by atoms with Crippen LogP contribution >= 0.6 is 0 Å². The Bertz CT molecular complexity index is 645. The van der Waals surface area contributed by atoms with Crippen LogP contribution in [0.4, 0.5) is 18.9 Å². The number of nitrogens with zero attached hydrogens (tertiary/aromatic N) is 1. The van der Waals surface area contributed by atoms with Gasteiger partial charge in [-0.1, -0.05) is 19.8 Å². The van der Waals surface area contributed by atoms with Crippen molar-refractivity contribution in [1.82, 2.24) is 0 Å². The van der Waals surface area contributed by atoms with Crippen LogP contribution in [0.3, 0.4) is 0 Å². The molecule has 2 fully saturated rings. The van der Waals surface area contributed by atoms with E-state index in [2.05, 4.69) is 18.6 Å². The maximum absolute atomic E-state index is 14.0. The first kappa shape index (κ1) is 18.3. The third-order valence-electron chi connectivity index (χ3n) is 6.38. The van der Waals surface area contributed by atoms with Gasteiger partial charge in [-0.15, -0.1) is 0 Å². The van der Waals surface area contributed by atoms with E-state index < -0.39 is 23.2 Å². The Hall–Kier alpha value is -1.52. The molecule has 5 heteroatoms. The lowest BCUT2D eigenvalue weighted by Gasteiger charge is -2.37. The Labute approximate surface area is 147 Å². The van der Waals surface area contributed by atoms with Gasteiger partial charge in [0.2, 0.25) is 11.6 Å². The monoisotopic (exact) mass is 353 g/mol. The predicted octanol–water partition coefficient (Wildman–Crippen LogP) is 6.24. The highest BCUT2D eigenvalue weighted by atomic mass is 19.2. The summed E-state index contributed by atoms with van der Waals surface area (Å²) in [6, 6.07) is 0. The maximum Gasteiger partial charge on any atom is 0.203 e. The van der Waals surface area contributed by atoms with Crippen molar-refractivity contribution in [2.24, 2.45) is 22.7 Å².